The maximum Gasteiger partial charge on any atom is 0.265 e. The summed E-state index contributed by atoms with van der Waals surface area (Å²) in [5.74, 6) is -0.232. The largest absolute Gasteiger partial charge is 0.489 e. The minimum absolute atomic E-state index is 0.0426. The Morgan fingerprint density at radius 2 is 1.76 bits per heavy atom. The molecule has 1 fully saturated rings. The number of rotatable bonds is 5. The standard InChI is InChI=1S/C25H21Cl2N3O3S/c1-14-10-17(11-21-23(31)28-25(34)29(3)24(21)32)15(2)30(14)19-6-8-20(9-7-19)33-13-16-4-5-18(26)12-22(16)27/h4-12H,13H2,1-3H3,(H,28,31,34). The Morgan fingerprint density at radius 3 is 2.44 bits per heavy atom. The second-order valence-electron chi connectivity index (χ2n) is 7.86. The van der Waals surface area contributed by atoms with Gasteiger partial charge in [-0.25, -0.2) is 0 Å². The number of aryl methyl sites for hydroxylation is 1. The predicted molar refractivity (Wildman–Crippen MR) is 138 cm³/mol. The van der Waals surface area contributed by atoms with Gasteiger partial charge in [0.15, 0.2) is 5.11 Å². The highest BCUT2D eigenvalue weighted by molar-refractivity contribution is 7.80. The molecule has 2 amide bonds. The van der Waals surface area contributed by atoms with E-state index in [-0.39, 0.29) is 10.7 Å². The number of thiocarbonyl (C=S) groups is 1. The molecule has 6 nitrogen and oxygen atoms in total. The number of nitrogens with one attached hydrogen (secondary N) is 1. The van der Waals surface area contributed by atoms with E-state index >= 15 is 0 Å². The summed E-state index contributed by atoms with van der Waals surface area (Å²) < 4.78 is 7.92. The Bertz CT molecular complexity index is 1350. The quantitative estimate of drug-likeness (QED) is 0.288. The zero-order chi connectivity index (χ0) is 24.6. The summed E-state index contributed by atoms with van der Waals surface area (Å²) in [5.41, 5.74) is 4.43. The highest BCUT2D eigenvalue weighted by Crippen LogP contribution is 2.26. The molecule has 3 aromatic rings. The Kier molecular flexibility index (Phi) is 6.79. The normalized spacial score (nSPS) is 15.1. The first-order valence-electron chi connectivity index (χ1n) is 10.4. The second-order valence-corrected chi connectivity index (χ2v) is 9.09. The number of carbonyl (C=O) groups excluding carboxylic acids is 2. The van der Waals surface area contributed by atoms with E-state index in [1.54, 1.807) is 18.2 Å². The summed E-state index contributed by atoms with van der Waals surface area (Å²) in [4.78, 5) is 26.1. The van der Waals surface area contributed by atoms with Crippen LogP contribution in [0.3, 0.4) is 0 Å². The summed E-state index contributed by atoms with van der Waals surface area (Å²) >= 11 is 17.2. The van der Waals surface area contributed by atoms with Crippen LogP contribution in [0.1, 0.15) is 22.5 Å². The predicted octanol–water partition coefficient (Wildman–Crippen LogP) is 5.24. The summed E-state index contributed by atoms with van der Waals surface area (Å²) in [6, 6.07) is 14.9. The number of nitrogens with zero attached hydrogens (tertiary/aromatic N) is 2. The molecule has 4 rings (SSSR count). The lowest BCUT2D eigenvalue weighted by atomic mass is 10.1. The van der Waals surface area contributed by atoms with Gasteiger partial charge in [0.2, 0.25) is 0 Å². The molecular weight excluding hydrogens is 493 g/mol. The van der Waals surface area contributed by atoms with Gasteiger partial charge in [-0.15, -0.1) is 0 Å². The van der Waals surface area contributed by atoms with E-state index in [0.717, 1.165) is 28.2 Å². The molecule has 1 aromatic heterocycles. The van der Waals surface area contributed by atoms with Crippen LogP contribution in [-0.2, 0) is 16.2 Å². The zero-order valence-corrected chi connectivity index (χ0v) is 21.0. The molecule has 1 aliphatic rings. The van der Waals surface area contributed by atoms with Crippen LogP contribution in [0, 0.1) is 13.8 Å². The lowest BCUT2D eigenvalue weighted by Gasteiger charge is -2.25. The fourth-order valence-electron chi connectivity index (χ4n) is 3.72. The molecule has 0 bridgehead atoms. The topological polar surface area (TPSA) is 63.6 Å². The van der Waals surface area contributed by atoms with E-state index in [0.29, 0.717) is 22.4 Å². The number of benzene rings is 2. The number of ether oxygens (including phenoxy) is 1. The molecule has 34 heavy (non-hydrogen) atoms. The van der Waals surface area contributed by atoms with E-state index in [1.807, 2.05) is 54.8 Å². The van der Waals surface area contributed by atoms with Gasteiger partial charge in [0.25, 0.3) is 11.8 Å². The van der Waals surface area contributed by atoms with Crippen LogP contribution in [0.25, 0.3) is 11.8 Å². The van der Waals surface area contributed by atoms with Crippen LogP contribution in [0.5, 0.6) is 5.75 Å². The van der Waals surface area contributed by atoms with Crippen molar-refractivity contribution in [2.24, 2.45) is 0 Å². The van der Waals surface area contributed by atoms with E-state index < -0.39 is 11.8 Å². The van der Waals surface area contributed by atoms with Gasteiger partial charge in [-0.3, -0.25) is 19.8 Å². The number of aromatic nitrogens is 1. The molecule has 1 N–H and O–H groups in total. The van der Waals surface area contributed by atoms with Crippen molar-refractivity contribution in [3.05, 3.63) is 86.7 Å². The van der Waals surface area contributed by atoms with Crippen molar-refractivity contribution in [3.63, 3.8) is 0 Å². The van der Waals surface area contributed by atoms with Crippen LogP contribution in [0.15, 0.2) is 54.1 Å². The number of hydrogen-bond acceptors (Lipinski definition) is 4. The van der Waals surface area contributed by atoms with E-state index in [2.05, 4.69) is 5.32 Å². The summed E-state index contributed by atoms with van der Waals surface area (Å²) in [5, 5.41) is 3.76. The number of halogens is 2. The van der Waals surface area contributed by atoms with E-state index in [1.165, 1.54) is 11.9 Å². The van der Waals surface area contributed by atoms with Crippen LogP contribution in [0.4, 0.5) is 0 Å². The van der Waals surface area contributed by atoms with Gasteiger partial charge in [0.1, 0.15) is 17.9 Å². The molecule has 174 valence electrons. The maximum absolute atomic E-state index is 12.5. The van der Waals surface area contributed by atoms with Gasteiger partial charge < -0.3 is 9.30 Å². The highest BCUT2D eigenvalue weighted by Gasteiger charge is 2.31. The number of amides is 2. The van der Waals surface area contributed by atoms with Crippen molar-refractivity contribution in [2.75, 3.05) is 7.05 Å². The second kappa shape index (κ2) is 9.62. The van der Waals surface area contributed by atoms with Gasteiger partial charge in [-0.1, -0.05) is 29.3 Å². The first kappa shape index (κ1) is 24.0. The van der Waals surface area contributed by atoms with Crippen LogP contribution >= 0.6 is 35.4 Å². The third-order valence-corrected chi connectivity index (χ3v) is 6.54. The zero-order valence-electron chi connectivity index (χ0n) is 18.7. The molecule has 2 aromatic carbocycles. The molecule has 1 aliphatic heterocycles. The number of hydrogen-bond donors (Lipinski definition) is 1. The summed E-state index contributed by atoms with van der Waals surface area (Å²) in [6.45, 7) is 4.22. The molecule has 0 saturated carbocycles. The molecule has 0 spiro atoms. The Hall–Kier alpha value is -3.13. The van der Waals surface area contributed by atoms with Crippen molar-refractivity contribution in [3.8, 4) is 11.4 Å². The van der Waals surface area contributed by atoms with Crippen molar-refractivity contribution >= 4 is 58.4 Å². The van der Waals surface area contributed by atoms with Crippen molar-refractivity contribution in [1.29, 1.82) is 0 Å². The van der Waals surface area contributed by atoms with Crippen LogP contribution in [-0.4, -0.2) is 33.4 Å². The SMILES string of the molecule is Cc1cc(C=C2C(=O)NC(=S)N(C)C2=O)c(C)n1-c1ccc(OCc2ccc(Cl)cc2Cl)cc1. The van der Waals surface area contributed by atoms with Gasteiger partial charge in [-0.2, -0.15) is 0 Å². The fraction of sp³-hybridized carbons (Fsp3) is 0.160. The lowest BCUT2D eigenvalue weighted by molar-refractivity contribution is -0.128. The van der Waals surface area contributed by atoms with Crippen molar-refractivity contribution in [2.45, 2.75) is 20.5 Å². The number of likely N-dealkylation sites (N-methyl/N-ethyl adjacent to an activating group) is 1. The Labute approximate surface area is 212 Å². The van der Waals surface area contributed by atoms with E-state index in [9.17, 15) is 9.59 Å². The van der Waals surface area contributed by atoms with Crippen LogP contribution in [0.2, 0.25) is 10.0 Å². The summed E-state index contributed by atoms with van der Waals surface area (Å²) in [6.07, 6.45) is 1.60. The Balaban J connectivity index is 1.56. The fourth-order valence-corrected chi connectivity index (χ4v) is 4.36. The number of carbonyl (C=O) groups is 2. The molecule has 2 heterocycles. The van der Waals surface area contributed by atoms with E-state index in [4.69, 9.17) is 40.2 Å². The smallest absolute Gasteiger partial charge is 0.265 e. The molecule has 0 atom stereocenters. The molecule has 0 aliphatic carbocycles. The van der Waals surface area contributed by atoms with Gasteiger partial charge >= 0.3 is 0 Å². The Morgan fingerprint density at radius 1 is 1.06 bits per heavy atom. The van der Waals surface area contributed by atoms with Gasteiger partial charge in [0, 0.05) is 39.7 Å². The molecular formula is C25H21Cl2N3O3S. The maximum atomic E-state index is 12.5. The molecule has 1 saturated heterocycles. The third kappa shape index (κ3) is 4.73. The summed E-state index contributed by atoms with van der Waals surface area (Å²) in [7, 11) is 1.53. The molecule has 0 unspecified atom stereocenters. The van der Waals surface area contributed by atoms with Gasteiger partial charge in [0.05, 0.1) is 0 Å². The monoisotopic (exact) mass is 513 g/mol. The first-order valence-corrected chi connectivity index (χ1v) is 11.5. The van der Waals surface area contributed by atoms with Crippen molar-refractivity contribution in [1.82, 2.24) is 14.8 Å². The molecule has 9 heteroatoms. The lowest BCUT2D eigenvalue weighted by Crippen LogP contribution is -2.52. The van der Waals surface area contributed by atoms with Crippen molar-refractivity contribution < 1.29 is 14.3 Å². The minimum atomic E-state index is -0.500. The van der Waals surface area contributed by atoms with Crippen LogP contribution < -0.4 is 10.1 Å². The minimum Gasteiger partial charge on any atom is -0.489 e. The highest BCUT2D eigenvalue weighted by atomic mass is 35.5. The van der Waals surface area contributed by atoms with Gasteiger partial charge in [-0.05, 0) is 80.2 Å². The first-order chi connectivity index (χ1) is 16.2. The molecule has 0 radical (unpaired) electrons. The average Bonchev–Trinajstić information content (AvgIpc) is 3.08. The average molecular weight is 514 g/mol. The third-order valence-electron chi connectivity index (χ3n) is 5.58.